The first-order chi connectivity index (χ1) is 10.1. The predicted octanol–water partition coefficient (Wildman–Crippen LogP) is 3.07. The van der Waals surface area contributed by atoms with E-state index in [0.29, 0.717) is 24.2 Å². The maximum Gasteiger partial charge on any atom is 0.209 e. The number of nitrogens with zero attached hydrogens (tertiary/aromatic N) is 2. The maximum atomic E-state index is 12.9. The van der Waals surface area contributed by atoms with Crippen LogP contribution in [0.15, 0.2) is 34.9 Å². The van der Waals surface area contributed by atoms with Crippen molar-refractivity contribution in [2.75, 3.05) is 13.2 Å². The largest absolute Gasteiger partial charge is 0.439 e. The van der Waals surface area contributed by atoms with Crippen molar-refractivity contribution in [1.29, 1.82) is 0 Å². The fourth-order valence-electron chi connectivity index (χ4n) is 2.10. The van der Waals surface area contributed by atoms with Gasteiger partial charge in [-0.3, -0.25) is 4.90 Å². The summed E-state index contributed by atoms with van der Waals surface area (Å²) < 4.78 is 18.6. The molecule has 0 aliphatic heterocycles. The molecule has 1 aromatic carbocycles. The molecule has 114 valence electrons. The first kappa shape index (κ1) is 15.7. The van der Waals surface area contributed by atoms with Gasteiger partial charge in [-0.05, 0) is 44.5 Å². The van der Waals surface area contributed by atoms with Gasteiger partial charge >= 0.3 is 0 Å². The summed E-state index contributed by atoms with van der Waals surface area (Å²) >= 11 is 0. The molecule has 0 radical (unpaired) electrons. The van der Waals surface area contributed by atoms with Gasteiger partial charge < -0.3 is 9.52 Å². The maximum absolute atomic E-state index is 12.9. The molecule has 0 saturated heterocycles. The molecular weight excluding hydrogens is 271 g/mol. The number of oxazole rings is 1. The lowest BCUT2D eigenvalue weighted by molar-refractivity contribution is 0.171. The summed E-state index contributed by atoms with van der Waals surface area (Å²) in [7, 11) is 0. The predicted molar refractivity (Wildman–Crippen MR) is 79.1 cm³/mol. The van der Waals surface area contributed by atoms with Gasteiger partial charge in [-0.25, -0.2) is 9.37 Å². The molecule has 2 aromatic rings. The van der Waals surface area contributed by atoms with Crippen LogP contribution in [0.25, 0.3) is 11.3 Å². The van der Waals surface area contributed by atoms with Crippen LogP contribution >= 0.6 is 0 Å². The minimum Gasteiger partial charge on any atom is -0.439 e. The zero-order valence-electron chi connectivity index (χ0n) is 12.4. The Labute approximate surface area is 124 Å². The van der Waals surface area contributed by atoms with Gasteiger partial charge in [0.05, 0.1) is 12.7 Å². The molecule has 0 aliphatic carbocycles. The van der Waals surface area contributed by atoms with Gasteiger partial charge in [0.25, 0.3) is 0 Å². The van der Waals surface area contributed by atoms with Gasteiger partial charge in [-0.2, -0.15) is 0 Å². The zero-order valence-corrected chi connectivity index (χ0v) is 12.4. The van der Waals surface area contributed by atoms with Crippen molar-refractivity contribution in [3.8, 4) is 11.3 Å². The Hall–Kier alpha value is -1.72. The van der Waals surface area contributed by atoms with E-state index in [1.54, 1.807) is 18.3 Å². The third-order valence-corrected chi connectivity index (χ3v) is 3.35. The summed E-state index contributed by atoms with van der Waals surface area (Å²) in [5.41, 5.74) is 0.807. The summed E-state index contributed by atoms with van der Waals surface area (Å²) in [5.74, 6) is 0.991. The second kappa shape index (κ2) is 7.33. The van der Waals surface area contributed by atoms with Crippen molar-refractivity contribution in [1.82, 2.24) is 9.88 Å². The monoisotopic (exact) mass is 292 g/mol. The van der Waals surface area contributed by atoms with Crippen LogP contribution < -0.4 is 0 Å². The van der Waals surface area contributed by atoms with E-state index in [9.17, 15) is 4.39 Å². The first-order valence-electron chi connectivity index (χ1n) is 7.15. The quantitative estimate of drug-likeness (QED) is 0.852. The molecule has 0 bridgehead atoms. The number of rotatable bonds is 7. The molecule has 0 unspecified atom stereocenters. The fraction of sp³-hybridized carbons (Fsp3) is 0.438. The van der Waals surface area contributed by atoms with Crippen molar-refractivity contribution in [3.63, 3.8) is 0 Å². The van der Waals surface area contributed by atoms with Crippen LogP contribution in [0.5, 0.6) is 0 Å². The summed E-state index contributed by atoms with van der Waals surface area (Å²) in [6.07, 6.45) is 2.39. The highest BCUT2D eigenvalue weighted by Gasteiger charge is 2.14. The van der Waals surface area contributed by atoms with E-state index < -0.39 is 0 Å². The number of aliphatic hydroxyl groups is 1. The molecule has 0 spiro atoms. The van der Waals surface area contributed by atoms with Gasteiger partial charge in [-0.1, -0.05) is 0 Å². The minimum absolute atomic E-state index is 0.176. The summed E-state index contributed by atoms with van der Waals surface area (Å²) in [6.45, 7) is 5.76. The van der Waals surface area contributed by atoms with E-state index in [-0.39, 0.29) is 12.4 Å². The Balaban J connectivity index is 2.06. The highest BCUT2D eigenvalue weighted by atomic mass is 19.1. The minimum atomic E-state index is -0.270. The Morgan fingerprint density at radius 1 is 1.29 bits per heavy atom. The van der Waals surface area contributed by atoms with Crippen LogP contribution in [0.2, 0.25) is 0 Å². The van der Waals surface area contributed by atoms with Crippen molar-refractivity contribution in [3.05, 3.63) is 42.2 Å². The number of aromatic nitrogens is 1. The number of benzene rings is 1. The Bertz CT molecular complexity index is 552. The third kappa shape index (κ3) is 4.37. The Morgan fingerprint density at radius 3 is 2.62 bits per heavy atom. The lowest BCUT2D eigenvalue weighted by Crippen LogP contribution is -2.31. The van der Waals surface area contributed by atoms with Crippen LogP contribution in [-0.4, -0.2) is 34.2 Å². The third-order valence-electron chi connectivity index (χ3n) is 3.35. The Morgan fingerprint density at radius 2 is 2.00 bits per heavy atom. The summed E-state index contributed by atoms with van der Waals surface area (Å²) in [5, 5.41) is 8.94. The lowest BCUT2D eigenvalue weighted by atomic mass is 10.2. The summed E-state index contributed by atoms with van der Waals surface area (Å²) in [6, 6.07) is 6.49. The van der Waals surface area contributed by atoms with Crippen molar-refractivity contribution >= 4 is 0 Å². The topological polar surface area (TPSA) is 49.5 Å². The smallest absolute Gasteiger partial charge is 0.209 e. The molecule has 5 heteroatoms. The van der Waals surface area contributed by atoms with Crippen LogP contribution in [-0.2, 0) is 6.54 Å². The van der Waals surface area contributed by atoms with Crippen LogP contribution in [0.1, 0.15) is 26.2 Å². The molecule has 0 saturated carbocycles. The van der Waals surface area contributed by atoms with Crippen molar-refractivity contribution in [2.24, 2.45) is 0 Å². The second-order valence-corrected chi connectivity index (χ2v) is 5.27. The van der Waals surface area contributed by atoms with Gasteiger partial charge in [0.2, 0.25) is 5.89 Å². The molecule has 0 atom stereocenters. The molecule has 0 aliphatic rings. The molecule has 1 heterocycles. The molecule has 0 amide bonds. The highest BCUT2D eigenvalue weighted by Crippen LogP contribution is 2.21. The van der Waals surface area contributed by atoms with E-state index in [0.717, 1.165) is 18.5 Å². The second-order valence-electron chi connectivity index (χ2n) is 5.27. The van der Waals surface area contributed by atoms with E-state index >= 15 is 0 Å². The molecule has 0 fully saturated rings. The summed E-state index contributed by atoms with van der Waals surface area (Å²) in [4.78, 5) is 6.47. The number of aliphatic hydroxyl groups excluding tert-OH is 1. The molecule has 1 aromatic heterocycles. The molecule has 4 nitrogen and oxygen atoms in total. The van der Waals surface area contributed by atoms with Gasteiger partial charge in [-0.15, -0.1) is 0 Å². The van der Waals surface area contributed by atoms with Gasteiger partial charge in [0.15, 0.2) is 5.76 Å². The molecule has 1 N–H and O–H groups in total. The fourth-order valence-corrected chi connectivity index (χ4v) is 2.10. The van der Waals surface area contributed by atoms with Crippen molar-refractivity contribution in [2.45, 2.75) is 32.9 Å². The average molecular weight is 292 g/mol. The van der Waals surface area contributed by atoms with Crippen molar-refractivity contribution < 1.29 is 13.9 Å². The van der Waals surface area contributed by atoms with E-state index in [4.69, 9.17) is 9.52 Å². The number of hydrogen-bond donors (Lipinski definition) is 1. The molecular formula is C16H21FN2O2. The van der Waals surface area contributed by atoms with Gasteiger partial charge in [0, 0.05) is 24.8 Å². The average Bonchev–Trinajstić information content (AvgIpc) is 2.92. The standard InChI is InChI=1S/C16H21FN2O2/c1-12(2)19(8-3-9-20)11-16-18-10-15(21-16)13-4-6-14(17)7-5-13/h4-7,10,12,20H,3,8-9,11H2,1-2H3. The SMILES string of the molecule is CC(C)N(CCCO)Cc1ncc(-c2ccc(F)cc2)o1. The van der Waals surface area contributed by atoms with E-state index in [2.05, 4.69) is 23.7 Å². The highest BCUT2D eigenvalue weighted by molar-refractivity contribution is 5.55. The van der Waals surface area contributed by atoms with E-state index in [1.165, 1.54) is 12.1 Å². The number of halogens is 1. The zero-order chi connectivity index (χ0) is 15.2. The van der Waals surface area contributed by atoms with Crippen LogP contribution in [0.3, 0.4) is 0 Å². The molecule has 2 rings (SSSR count). The van der Waals surface area contributed by atoms with Gasteiger partial charge in [0.1, 0.15) is 5.82 Å². The first-order valence-corrected chi connectivity index (χ1v) is 7.15. The Kier molecular flexibility index (Phi) is 5.47. The van der Waals surface area contributed by atoms with E-state index in [1.807, 2.05) is 0 Å². The number of hydrogen-bond acceptors (Lipinski definition) is 4. The normalized spacial score (nSPS) is 11.5. The lowest BCUT2D eigenvalue weighted by Gasteiger charge is -2.24. The van der Waals surface area contributed by atoms with Crippen LogP contribution in [0.4, 0.5) is 4.39 Å². The molecule has 21 heavy (non-hydrogen) atoms. The van der Waals surface area contributed by atoms with Crippen LogP contribution in [0, 0.1) is 5.82 Å².